The highest BCUT2D eigenvalue weighted by atomic mass is 19.4. The van der Waals surface area contributed by atoms with E-state index >= 15 is 0 Å². The van der Waals surface area contributed by atoms with Gasteiger partial charge in [-0.2, -0.15) is 39.5 Å². The molecule has 0 N–H and O–H groups in total. The lowest BCUT2D eigenvalue weighted by Gasteiger charge is -2.44. The Labute approximate surface area is 223 Å². The standard InChI is InChI=1S/C26H25F9N2O3/c1-4-19-12-22(20-11-16(24(27,28)29)6-7-21(20)37(19)23(39)40-5-2)36(14(3)38)13-15-8-17(25(30,31)32)10-18(9-15)26(33,34)35/h6-11,19,22H,4-5,12-13H2,1-3H3/t19-,22+/m1/s1. The molecule has 220 valence electrons. The van der Waals surface area contributed by atoms with E-state index in [1.165, 1.54) is 6.92 Å². The Morgan fingerprint density at radius 2 is 1.43 bits per heavy atom. The van der Waals surface area contributed by atoms with Crippen molar-refractivity contribution in [1.29, 1.82) is 0 Å². The molecule has 2 aromatic rings. The van der Waals surface area contributed by atoms with E-state index in [9.17, 15) is 49.1 Å². The van der Waals surface area contributed by atoms with E-state index in [1.807, 2.05) is 0 Å². The first-order chi connectivity index (χ1) is 18.4. The minimum absolute atomic E-state index is 0.0131. The van der Waals surface area contributed by atoms with E-state index in [0.717, 1.165) is 34.9 Å². The summed E-state index contributed by atoms with van der Waals surface area (Å²) in [7, 11) is 0. The Hall–Kier alpha value is -3.45. The quantitative estimate of drug-likeness (QED) is 0.335. The molecule has 0 aliphatic carbocycles. The van der Waals surface area contributed by atoms with E-state index < -0.39 is 71.4 Å². The number of carbonyl (C=O) groups is 2. The number of halogens is 9. The first kappa shape index (κ1) is 31.1. The fraction of sp³-hybridized carbons (Fsp3) is 0.462. The van der Waals surface area contributed by atoms with E-state index in [4.69, 9.17) is 4.74 Å². The lowest BCUT2D eigenvalue weighted by Crippen LogP contribution is -2.48. The van der Waals surface area contributed by atoms with Gasteiger partial charge in [-0.15, -0.1) is 0 Å². The summed E-state index contributed by atoms with van der Waals surface area (Å²) in [5.41, 5.74) is -4.98. The van der Waals surface area contributed by atoms with Crippen LogP contribution >= 0.6 is 0 Å². The highest BCUT2D eigenvalue weighted by molar-refractivity contribution is 5.90. The molecule has 14 heteroatoms. The highest BCUT2D eigenvalue weighted by Crippen LogP contribution is 2.45. The van der Waals surface area contributed by atoms with Crippen LogP contribution in [-0.4, -0.2) is 29.5 Å². The van der Waals surface area contributed by atoms with Gasteiger partial charge in [0.2, 0.25) is 5.91 Å². The number of anilines is 1. The van der Waals surface area contributed by atoms with Crippen LogP contribution in [0.2, 0.25) is 0 Å². The van der Waals surface area contributed by atoms with Crippen LogP contribution in [0.15, 0.2) is 36.4 Å². The molecule has 5 nitrogen and oxygen atoms in total. The zero-order chi connectivity index (χ0) is 30.2. The van der Waals surface area contributed by atoms with Crippen LogP contribution < -0.4 is 4.90 Å². The number of amides is 2. The van der Waals surface area contributed by atoms with Crippen LogP contribution in [0.4, 0.5) is 50.0 Å². The molecule has 2 aromatic carbocycles. The lowest BCUT2D eigenvalue weighted by atomic mass is 9.87. The third-order valence-electron chi connectivity index (χ3n) is 6.55. The molecule has 40 heavy (non-hydrogen) atoms. The van der Waals surface area contributed by atoms with Gasteiger partial charge < -0.3 is 9.64 Å². The second-order valence-electron chi connectivity index (χ2n) is 9.21. The fourth-order valence-electron chi connectivity index (χ4n) is 4.74. The Balaban J connectivity index is 2.20. The van der Waals surface area contributed by atoms with Gasteiger partial charge >= 0.3 is 24.6 Å². The number of hydrogen-bond donors (Lipinski definition) is 0. The van der Waals surface area contributed by atoms with Gasteiger partial charge in [-0.3, -0.25) is 9.69 Å². The largest absolute Gasteiger partial charge is 0.449 e. The van der Waals surface area contributed by atoms with Crippen molar-refractivity contribution in [3.63, 3.8) is 0 Å². The van der Waals surface area contributed by atoms with E-state index in [-0.39, 0.29) is 36.8 Å². The van der Waals surface area contributed by atoms with Gasteiger partial charge in [0.05, 0.1) is 35.0 Å². The van der Waals surface area contributed by atoms with Crippen molar-refractivity contribution < 1.29 is 53.8 Å². The Bertz CT molecular complexity index is 1220. The van der Waals surface area contributed by atoms with Gasteiger partial charge in [-0.25, -0.2) is 4.79 Å². The van der Waals surface area contributed by atoms with Gasteiger partial charge in [0.25, 0.3) is 0 Å². The van der Waals surface area contributed by atoms with E-state index in [2.05, 4.69) is 0 Å². The molecule has 2 atom stereocenters. The second kappa shape index (κ2) is 11.2. The van der Waals surface area contributed by atoms with Crippen molar-refractivity contribution in [3.05, 3.63) is 64.2 Å². The zero-order valence-electron chi connectivity index (χ0n) is 21.5. The maximum absolute atomic E-state index is 13.6. The topological polar surface area (TPSA) is 49.9 Å². The summed E-state index contributed by atoms with van der Waals surface area (Å²) in [5, 5.41) is 0. The summed E-state index contributed by atoms with van der Waals surface area (Å²) < 4.78 is 126. The molecule has 1 aliphatic heterocycles. The molecule has 3 rings (SSSR count). The predicted molar refractivity (Wildman–Crippen MR) is 125 cm³/mol. The Morgan fingerprint density at radius 1 is 0.875 bits per heavy atom. The number of benzene rings is 2. The van der Waals surface area contributed by atoms with Gasteiger partial charge in [0.15, 0.2) is 0 Å². The molecule has 0 aromatic heterocycles. The van der Waals surface area contributed by atoms with Gasteiger partial charge in [-0.05, 0) is 67.3 Å². The van der Waals surface area contributed by atoms with Gasteiger partial charge in [-0.1, -0.05) is 6.92 Å². The van der Waals surface area contributed by atoms with Crippen LogP contribution in [0.1, 0.15) is 67.5 Å². The molecule has 0 bridgehead atoms. The predicted octanol–water partition coefficient (Wildman–Crippen LogP) is 7.98. The third kappa shape index (κ3) is 6.64. The lowest BCUT2D eigenvalue weighted by molar-refractivity contribution is -0.143. The summed E-state index contributed by atoms with van der Waals surface area (Å²) in [6.07, 6.45) is -15.8. The van der Waals surface area contributed by atoms with Crippen LogP contribution in [0.25, 0.3) is 0 Å². The number of ether oxygens (including phenoxy) is 1. The highest BCUT2D eigenvalue weighted by Gasteiger charge is 2.42. The van der Waals surface area contributed by atoms with E-state index in [1.54, 1.807) is 6.92 Å². The monoisotopic (exact) mass is 584 g/mol. The minimum Gasteiger partial charge on any atom is -0.449 e. The molecule has 1 heterocycles. The van der Waals surface area contributed by atoms with Crippen LogP contribution in [0, 0.1) is 0 Å². The zero-order valence-corrected chi connectivity index (χ0v) is 21.5. The molecule has 1 aliphatic rings. The van der Waals surface area contributed by atoms with Crippen LogP contribution in [0.5, 0.6) is 0 Å². The SMILES string of the molecule is CCOC(=O)N1c2ccc(C(F)(F)F)cc2[C@@H](N(Cc2cc(C(F)(F)F)cc(C(F)(F)F)c2)C(C)=O)C[C@H]1CC. The van der Waals surface area contributed by atoms with Crippen LogP contribution in [-0.2, 0) is 34.6 Å². The number of rotatable bonds is 5. The van der Waals surface area contributed by atoms with Gasteiger partial charge in [0, 0.05) is 19.5 Å². The smallest absolute Gasteiger partial charge is 0.416 e. The molecular weight excluding hydrogens is 559 g/mol. The first-order valence-electron chi connectivity index (χ1n) is 12.1. The summed E-state index contributed by atoms with van der Waals surface area (Å²) in [6.45, 7) is 3.40. The van der Waals surface area contributed by atoms with Crippen molar-refractivity contribution in [2.45, 2.75) is 70.8 Å². The molecule has 0 spiro atoms. The molecular formula is C26H25F9N2O3. The normalized spacial score (nSPS) is 17.9. The minimum atomic E-state index is -5.14. The molecule has 0 saturated carbocycles. The first-order valence-corrected chi connectivity index (χ1v) is 12.1. The third-order valence-corrected chi connectivity index (χ3v) is 6.55. The van der Waals surface area contributed by atoms with Crippen molar-refractivity contribution >= 4 is 17.7 Å². The maximum Gasteiger partial charge on any atom is 0.416 e. The summed E-state index contributed by atoms with van der Waals surface area (Å²) >= 11 is 0. The number of carbonyl (C=O) groups excluding carboxylic acids is 2. The van der Waals surface area contributed by atoms with Crippen molar-refractivity contribution in [2.75, 3.05) is 11.5 Å². The Kier molecular flexibility index (Phi) is 8.70. The Morgan fingerprint density at radius 3 is 1.88 bits per heavy atom. The summed E-state index contributed by atoms with van der Waals surface area (Å²) in [5.74, 6) is -0.807. The fourth-order valence-corrected chi connectivity index (χ4v) is 4.74. The molecule has 0 fully saturated rings. The number of hydrogen-bond acceptors (Lipinski definition) is 3. The van der Waals surface area contributed by atoms with Gasteiger partial charge in [0.1, 0.15) is 0 Å². The number of nitrogens with zero attached hydrogens (tertiary/aromatic N) is 2. The molecule has 2 amide bonds. The molecule has 0 unspecified atom stereocenters. The average Bonchev–Trinajstić information content (AvgIpc) is 2.84. The molecule has 0 saturated heterocycles. The van der Waals surface area contributed by atoms with Crippen molar-refractivity contribution in [3.8, 4) is 0 Å². The van der Waals surface area contributed by atoms with Crippen molar-refractivity contribution in [2.24, 2.45) is 0 Å². The summed E-state index contributed by atoms with van der Waals surface area (Å²) in [6, 6.07) is 1.44. The molecule has 0 radical (unpaired) electrons. The number of alkyl halides is 9. The van der Waals surface area contributed by atoms with Crippen molar-refractivity contribution in [1.82, 2.24) is 4.90 Å². The second-order valence-corrected chi connectivity index (χ2v) is 9.21. The maximum atomic E-state index is 13.6. The van der Waals surface area contributed by atoms with Crippen LogP contribution in [0.3, 0.4) is 0 Å². The van der Waals surface area contributed by atoms with E-state index in [0.29, 0.717) is 12.1 Å². The summed E-state index contributed by atoms with van der Waals surface area (Å²) in [4.78, 5) is 27.6. The number of fused-ring (bicyclic) bond motifs is 1. The average molecular weight is 584 g/mol.